The Morgan fingerprint density at radius 3 is 2.71 bits per heavy atom. The van der Waals surface area contributed by atoms with Crippen LogP contribution in [0.1, 0.15) is 42.5 Å². The van der Waals surface area contributed by atoms with Gasteiger partial charge in [0.05, 0.1) is 19.0 Å². The molecule has 1 aliphatic rings. The first-order valence-electron chi connectivity index (χ1n) is 7.16. The van der Waals surface area contributed by atoms with Crippen LogP contribution in [0.3, 0.4) is 0 Å². The van der Waals surface area contributed by atoms with Crippen LogP contribution in [0.2, 0.25) is 0 Å². The molecule has 0 saturated carbocycles. The Kier molecular flexibility index (Phi) is 4.67. The van der Waals surface area contributed by atoms with E-state index < -0.39 is 5.97 Å². The van der Waals surface area contributed by atoms with Gasteiger partial charge in [-0.15, -0.1) is 0 Å². The number of fused-ring (bicyclic) bond motifs is 1. The van der Waals surface area contributed by atoms with E-state index in [-0.39, 0.29) is 0 Å². The molecule has 2 heterocycles. The van der Waals surface area contributed by atoms with E-state index in [1.807, 2.05) is 13.8 Å². The first-order chi connectivity index (χ1) is 10.2. The molecule has 0 bridgehead atoms. The molecule has 0 aliphatic heterocycles. The summed E-state index contributed by atoms with van der Waals surface area (Å²) < 4.78 is 6.50. The van der Waals surface area contributed by atoms with Crippen molar-refractivity contribution >= 4 is 5.97 Å². The van der Waals surface area contributed by atoms with Crippen LogP contribution in [-0.2, 0) is 17.6 Å². The van der Waals surface area contributed by atoms with Crippen molar-refractivity contribution in [3.8, 4) is 5.82 Å². The quantitative estimate of drug-likeness (QED) is 0.792. The third-order valence-electron chi connectivity index (χ3n) is 3.33. The van der Waals surface area contributed by atoms with Crippen LogP contribution in [0.25, 0.3) is 5.82 Å². The molecule has 2 aromatic rings. The monoisotopic (exact) mass is 288 g/mol. The second-order valence-electron chi connectivity index (χ2n) is 4.75. The zero-order valence-electron chi connectivity index (χ0n) is 12.8. The molecule has 0 aromatic carbocycles. The Labute approximate surface area is 124 Å². The van der Waals surface area contributed by atoms with Crippen molar-refractivity contribution in [1.29, 1.82) is 0 Å². The number of methoxy groups -OCH3 is 1. The Morgan fingerprint density at radius 2 is 2.10 bits per heavy atom. The van der Waals surface area contributed by atoms with E-state index in [0.29, 0.717) is 17.4 Å². The zero-order valence-corrected chi connectivity index (χ0v) is 12.8. The third-order valence-corrected chi connectivity index (χ3v) is 3.33. The molecule has 112 valence electrons. The van der Waals surface area contributed by atoms with Gasteiger partial charge < -0.3 is 4.74 Å². The van der Waals surface area contributed by atoms with E-state index in [2.05, 4.69) is 22.0 Å². The summed E-state index contributed by atoms with van der Waals surface area (Å²) in [6.45, 7) is 6.15. The number of hydrogen-bond donors (Lipinski definition) is 0. The number of ether oxygens (including phenoxy) is 1. The van der Waals surface area contributed by atoms with E-state index in [1.165, 1.54) is 7.11 Å². The molecule has 0 N–H and O–H groups in total. The fraction of sp³-hybridized carbons (Fsp3) is 0.467. The maximum absolute atomic E-state index is 11.8. The van der Waals surface area contributed by atoms with Gasteiger partial charge in [0.25, 0.3) is 0 Å². The zero-order chi connectivity index (χ0) is 15.4. The predicted molar refractivity (Wildman–Crippen MR) is 78.4 cm³/mol. The number of nitrogens with zero attached hydrogens (tertiary/aromatic N) is 4. The molecular formula is C15H20N4O2. The number of esters is 1. The highest BCUT2D eigenvalue weighted by atomic mass is 16.5. The molecule has 0 radical (unpaired) electrons. The van der Waals surface area contributed by atoms with Crippen molar-refractivity contribution in [2.24, 2.45) is 5.92 Å². The summed E-state index contributed by atoms with van der Waals surface area (Å²) in [4.78, 5) is 20.1. The van der Waals surface area contributed by atoms with Gasteiger partial charge in [0.2, 0.25) is 0 Å². The van der Waals surface area contributed by atoms with Crippen LogP contribution >= 0.6 is 0 Å². The molecule has 0 saturated heterocycles. The molecular weight excluding hydrogens is 268 g/mol. The fourth-order valence-electron chi connectivity index (χ4n) is 2.51. The van der Waals surface area contributed by atoms with Crippen molar-refractivity contribution in [2.45, 2.75) is 33.6 Å². The maximum atomic E-state index is 11.8. The van der Waals surface area contributed by atoms with Crippen LogP contribution in [-0.4, -0.2) is 32.8 Å². The molecule has 1 unspecified atom stereocenters. The average molecular weight is 288 g/mol. The normalized spacial score (nSPS) is 15.9. The summed E-state index contributed by atoms with van der Waals surface area (Å²) in [6, 6.07) is 0. The molecule has 0 amide bonds. The molecule has 6 nitrogen and oxygen atoms in total. The lowest BCUT2D eigenvalue weighted by Gasteiger charge is -2.04. The van der Waals surface area contributed by atoms with Gasteiger partial charge in [-0.2, -0.15) is 5.10 Å². The van der Waals surface area contributed by atoms with E-state index in [4.69, 9.17) is 4.74 Å². The van der Waals surface area contributed by atoms with Gasteiger partial charge in [0.1, 0.15) is 0 Å². The van der Waals surface area contributed by atoms with Crippen molar-refractivity contribution in [3.63, 3.8) is 0 Å². The van der Waals surface area contributed by atoms with Gasteiger partial charge in [-0.1, -0.05) is 20.8 Å². The molecule has 0 spiro atoms. The largest absolute Gasteiger partial charge is 0.464 e. The summed E-state index contributed by atoms with van der Waals surface area (Å²) >= 11 is 0. The minimum absolute atomic E-state index is 0.395. The standard InChI is InChI=1S/C13H14N4O2.C2H6/c1-8-5-9-10(6-8)17(11-7-14-3-4-15-11)16-12(9)13(18)19-2;1-2/h3-4,7-8H,5-6H2,1-2H3;1-2H3. The number of hydrogen-bond acceptors (Lipinski definition) is 5. The summed E-state index contributed by atoms with van der Waals surface area (Å²) in [5.74, 6) is 0.732. The summed E-state index contributed by atoms with van der Waals surface area (Å²) in [6.07, 6.45) is 6.59. The lowest BCUT2D eigenvalue weighted by molar-refractivity contribution is 0.0592. The molecule has 1 aliphatic carbocycles. The molecule has 0 fully saturated rings. The van der Waals surface area contributed by atoms with Gasteiger partial charge in [-0.05, 0) is 18.8 Å². The molecule has 1 atom stereocenters. The van der Waals surface area contributed by atoms with E-state index in [9.17, 15) is 4.79 Å². The van der Waals surface area contributed by atoms with Crippen molar-refractivity contribution in [3.05, 3.63) is 35.5 Å². The Bertz CT molecular complexity index is 622. The highest BCUT2D eigenvalue weighted by Crippen LogP contribution is 2.30. The van der Waals surface area contributed by atoms with Crippen molar-refractivity contribution < 1.29 is 9.53 Å². The molecule has 6 heteroatoms. The number of carbonyl (C=O) groups excluding carboxylic acids is 1. The van der Waals surface area contributed by atoms with Crippen LogP contribution in [0.4, 0.5) is 0 Å². The number of carbonyl (C=O) groups is 1. The second-order valence-corrected chi connectivity index (χ2v) is 4.75. The van der Waals surface area contributed by atoms with Gasteiger partial charge in [-0.3, -0.25) is 4.98 Å². The Morgan fingerprint density at radius 1 is 1.33 bits per heavy atom. The molecule has 2 aromatic heterocycles. The van der Waals surface area contributed by atoms with E-state index in [1.54, 1.807) is 23.3 Å². The maximum Gasteiger partial charge on any atom is 0.358 e. The van der Waals surface area contributed by atoms with Crippen LogP contribution in [0.15, 0.2) is 18.6 Å². The lowest BCUT2D eigenvalue weighted by Crippen LogP contribution is -2.09. The van der Waals surface area contributed by atoms with Crippen molar-refractivity contribution in [1.82, 2.24) is 19.7 Å². The van der Waals surface area contributed by atoms with E-state index >= 15 is 0 Å². The van der Waals surface area contributed by atoms with Crippen molar-refractivity contribution in [2.75, 3.05) is 7.11 Å². The smallest absolute Gasteiger partial charge is 0.358 e. The minimum atomic E-state index is -0.395. The fourth-order valence-corrected chi connectivity index (χ4v) is 2.51. The second kappa shape index (κ2) is 6.47. The van der Waals surface area contributed by atoms with Gasteiger partial charge in [-0.25, -0.2) is 14.5 Å². The highest BCUT2D eigenvalue weighted by Gasteiger charge is 2.31. The topological polar surface area (TPSA) is 69.9 Å². The van der Waals surface area contributed by atoms with Gasteiger partial charge in [0, 0.05) is 18.0 Å². The van der Waals surface area contributed by atoms with Gasteiger partial charge in [0.15, 0.2) is 11.5 Å². The minimum Gasteiger partial charge on any atom is -0.464 e. The molecule has 3 rings (SSSR count). The van der Waals surface area contributed by atoms with E-state index in [0.717, 1.165) is 24.1 Å². The van der Waals surface area contributed by atoms with Gasteiger partial charge >= 0.3 is 5.97 Å². The Hall–Kier alpha value is -2.24. The highest BCUT2D eigenvalue weighted by molar-refractivity contribution is 5.89. The number of rotatable bonds is 2. The number of aromatic nitrogens is 4. The SMILES string of the molecule is CC.COC(=O)c1nn(-c2cnccn2)c2c1CC(C)C2. The lowest BCUT2D eigenvalue weighted by atomic mass is 10.1. The summed E-state index contributed by atoms with van der Waals surface area (Å²) in [7, 11) is 1.37. The summed E-state index contributed by atoms with van der Waals surface area (Å²) in [5.41, 5.74) is 2.41. The third kappa shape index (κ3) is 2.79. The Balaban J connectivity index is 0.000000774. The molecule has 21 heavy (non-hydrogen) atoms. The van der Waals surface area contributed by atoms with Crippen LogP contribution < -0.4 is 0 Å². The predicted octanol–water partition coefficient (Wildman–Crippen LogP) is 2.21. The van der Waals surface area contributed by atoms with Crippen LogP contribution in [0.5, 0.6) is 0 Å². The summed E-state index contributed by atoms with van der Waals surface area (Å²) in [5, 5.41) is 4.35. The van der Waals surface area contributed by atoms with Crippen LogP contribution in [0, 0.1) is 5.92 Å². The first-order valence-corrected chi connectivity index (χ1v) is 7.16. The average Bonchev–Trinajstić information content (AvgIpc) is 3.06. The first kappa shape index (κ1) is 15.2.